The standard InChI is InChI=1S/C29H41N5O3S/c1-21-18-36-16-15-34(21)27-17-26(29(13-14-29)38(35)25-5-3-2-4-6-25)32-28(33-27)22-7-9-23(10-8-22)30-19-37-20-31-24-11-12-24/h7-10,17,21,24-25,30-31H,2-6,11-16,18-20H2,1H3/p+1/t21-,38?/m0/s1. The third-order valence-electron chi connectivity index (χ3n) is 8.48. The molecular weight excluding hydrogens is 498 g/mol. The minimum Gasteiger partial charge on any atom is -0.377 e. The fourth-order valence-corrected chi connectivity index (χ4v) is 8.20. The van der Waals surface area contributed by atoms with Crippen LogP contribution in [0.4, 0.5) is 11.5 Å². The van der Waals surface area contributed by atoms with Gasteiger partial charge in [0.2, 0.25) is 0 Å². The van der Waals surface area contributed by atoms with Gasteiger partial charge in [0.05, 0.1) is 36.8 Å². The number of nitrogens with zero attached hydrogens (tertiary/aromatic N) is 3. The summed E-state index contributed by atoms with van der Waals surface area (Å²) in [5, 5.41) is 7.00. The highest BCUT2D eigenvalue weighted by atomic mass is 32.2. The van der Waals surface area contributed by atoms with Crippen LogP contribution in [0.5, 0.6) is 0 Å². The van der Waals surface area contributed by atoms with Crippen LogP contribution < -0.4 is 15.5 Å². The number of benzene rings is 1. The molecule has 9 heteroatoms. The van der Waals surface area contributed by atoms with Gasteiger partial charge >= 0.3 is 0 Å². The molecule has 0 radical (unpaired) electrons. The predicted molar refractivity (Wildman–Crippen MR) is 153 cm³/mol. The molecular formula is C29H42N5O3S+. The third-order valence-corrected chi connectivity index (χ3v) is 11.2. The summed E-state index contributed by atoms with van der Waals surface area (Å²) in [6.07, 6.45) is 10.3. The van der Waals surface area contributed by atoms with Crippen LogP contribution >= 0.6 is 0 Å². The first-order valence-corrected chi connectivity index (χ1v) is 15.8. The van der Waals surface area contributed by atoms with Crippen molar-refractivity contribution >= 4 is 22.3 Å². The SMILES string of the molecule is C[C@H]1COCCN1c1cc(C2([SH+](=O)C3CCCCC3)CC2)nc(-c2ccc(NCOCNC3CC3)cc2)n1. The zero-order valence-electron chi connectivity index (χ0n) is 22.5. The van der Waals surface area contributed by atoms with Gasteiger partial charge in [-0.1, -0.05) is 6.42 Å². The molecule has 1 saturated heterocycles. The van der Waals surface area contributed by atoms with Gasteiger partial charge in [0.25, 0.3) is 0 Å². The summed E-state index contributed by atoms with van der Waals surface area (Å²) in [5.74, 6) is 1.64. The van der Waals surface area contributed by atoms with Crippen LogP contribution in [0.15, 0.2) is 30.3 Å². The van der Waals surface area contributed by atoms with Gasteiger partial charge in [-0.3, -0.25) is 5.32 Å². The first kappa shape index (κ1) is 26.2. The lowest BCUT2D eigenvalue weighted by molar-refractivity contribution is 0.0985. The van der Waals surface area contributed by atoms with Crippen molar-refractivity contribution in [3.63, 3.8) is 0 Å². The summed E-state index contributed by atoms with van der Waals surface area (Å²) >= 11 is 0. The van der Waals surface area contributed by atoms with E-state index in [4.69, 9.17) is 19.4 Å². The number of aromatic nitrogens is 2. The molecule has 4 fully saturated rings. The zero-order valence-corrected chi connectivity index (χ0v) is 23.4. The number of hydrogen-bond acceptors (Lipinski definition) is 8. The Hall–Kier alpha value is -2.07. The summed E-state index contributed by atoms with van der Waals surface area (Å²) < 4.78 is 25.0. The predicted octanol–water partition coefficient (Wildman–Crippen LogP) is 4.48. The molecule has 2 atom stereocenters. The number of nitrogens with one attached hydrogen (secondary N) is 2. The summed E-state index contributed by atoms with van der Waals surface area (Å²) in [6, 6.07) is 11.3. The molecule has 38 heavy (non-hydrogen) atoms. The largest absolute Gasteiger partial charge is 0.377 e. The summed E-state index contributed by atoms with van der Waals surface area (Å²) in [6.45, 7) is 5.40. The van der Waals surface area contributed by atoms with E-state index in [1.165, 1.54) is 32.1 Å². The molecule has 8 nitrogen and oxygen atoms in total. The van der Waals surface area contributed by atoms with Crippen LogP contribution in [0.1, 0.15) is 70.4 Å². The molecule has 2 aromatic rings. The Bertz CT molecular complexity index is 1120. The lowest BCUT2D eigenvalue weighted by Crippen LogP contribution is -2.44. The van der Waals surface area contributed by atoms with Gasteiger partial charge in [0.15, 0.2) is 10.6 Å². The fourth-order valence-electron chi connectivity index (χ4n) is 5.78. The lowest BCUT2D eigenvalue weighted by atomic mass is 10.0. The van der Waals surface area contributed by atoms with E-state index in [1.807, 2.05) is 0 Å². The van der Waals surface area contributed by atoms with Gasteiger partial charge in [-0.25, -0.2) is 9.97 Å². The molecule has 2 heterocycles. The molecule has 0 spiro atoms. The van der Waals surface area contributed by atoms with Crippen molar-refractivity contribution in [2.24, 2.45) is 0 Å². The normalized spacial score (nSPS) is 24.2. The van der Waals surface area contributed by atoms with E-state index in [0.29, 0.717) is 43.8 Å². The van der Waals surface area contributed by atoms with Crippen molar-refractivity contribution in [2.45, 2.75) is 86.8 Å². The maximum absolute atomic E-state index is 13.9. The highest BCUT2D eigenvalue weighted by Crippen LogP contribution is 2.53. The summed E-state index contributed by atoms with van der Waals surface area (Å²) in [7, 11) is -1.36. The fraction of sp³-hybridized carbons (Fsp3) is 0.655. The molecule has 1 unspecified atom stereocenters. The average Bonchev–Trinajstić information content (AvgIpc) is 3.89. The minimum absolute atomic E-state index is 0.239. The first-order chi connectivity index (χ1) is 18.6. The van der Waals surface area contributed by atoms with Crippen LogP contribution in [0.2, 0.25) is 0 Å². The van der Waals surface area contributed by atoms with Crippen molar-refractivity contribution in [1.29, 1.82) is 0 Å². The Labute approximate surface area is 228 Å². The van der Waals surface area contributed by atoms with Crippen molar-refractivity contribution in [1.82, 2.24) is 15.3 Å². The molecule has 1 aliphatic heterocycles. The molecule has 1 aromatic carbocycles. The first-order valence-electron chi connectivity index (χ1n) is 14.5. The number of ether oxygens (including phenoxy) is 2. The van der Waals surface area contributed by atoms with Gasteiger partial charge in [0.1, 0.15) is 23.5 Å². The summed E-state index contributed by atoms with van der Waals surface area (Å²) in [5.41, 5.74) is 2.94. The van der Waals surface area contributed by atoms with Gasteiger partial charge in [-0.2, -0.15) is 0 Å². The van der Waals surface area contributed by atoms with Gasteiger partial charge in [-0.05, 0) is 69.7 Å². The molecule has 0 bridgehead atoms. The smallest absolute Gasteiger partial charge is 0.172 e. The number of hydrogen-bond donors (Lipinski definition) is 2. The number of morpholine rings is 1. The zero-order chi connectivity index (χ0) is 26.0. The minimum atomic E-state index is -1.36. The van der Waals surface area contributed by atoms with E-state index in [0.717, 1.165) is 55.0 Å². The number of rotatable bonds is 11. The maximum Gasteiger partial charge on any atom is 0.172 e. The van der Waals surface area contributed by atoms with Gasteiger partial charge in [-0.15, -0.1) is 4.21 Å². The van der Waals surface area contributed by atoms with Crippen LogP contribution in [0.3, 0.4) is 0 Å². The van der Waals surface area contributed by atoms with Crippen molar-refractivity contribution in [3.8, 4) is 11.4 Å². The monoisotopic (exact) mass is 540 g/mol. The second-order valence-electron chi connectivity index (χ2n) is 11.4. The number of thiol groups is 1. The van der Waals surface area contributed by atoms with Crippen LogP contribution in [0, 0.1) is 0 Å². The topological polar surface area (TPSA) is 88.6 Å². The van der Waals surface area contributed by atoms with Crippen molar-refractivity contribution in [3.05, 3.63) is 36.0 Å². The Morgan fingerprint density at radius 3 is 2.58 bits per heavy atom. The van der Waals surface area contributed by atoms with Crippen molar-refractivity contribution < 1.29 is 13.7 Å². The molecule has 4 aliphatic rings. The highest BCUT2D eigenvalue weighted by Gasteiger charge is 2.59. The molecule has 6 rings (SSSR count). The average molecular weight is 541 g/mol. The van der Waals surface area contributed by atoms with Crippen LogP contribution in [-0.2, 0) is 29.2 Å². The van der Waals surface area contributed by atoms with Gasteiger partial charge in [0, 0.05) is 42.7 Å². The Morgan fingerprint density at radius 2 is 1.87 bits per heavy atom. The Kier molecular flexibility index (Phi) is 7.97. The van der Waals surface area contributed by atoms with E-state index in [-0.39, 0.29) is 10.8 Å². The van der Waals surface area contributed by atoms with Gasteiger partial charge < -0.3 is 19.7 Å². The van der Waals surface area contributed by atoms with Crippen LogP contribution in [-0.4, -0.2) is 60.5 Å². The Morgan fingerprint density at radius 1 is 1.08 bits per heavy atom. The molecule has 2 N–H and O–H groups in total. The van der Waals surface area contributed by atoms with Crippen molar-refractivity contribution in [2.75, 3.05) is 43.4 Å². The molecule has 3 saturated carbocycles. The second kappa shape index (κ2) is 11.6. The maximum atomic E-state index is 13.9. The molecule has 206 valence electrons. The summed E-state index contributed by atoms with van der Waals surface area (Å²) in [4.78, 5) is 12.5. The van der Waals surface area contributed by atoms with E-state index in [1.54, 1.807) is 0 Å². The second-order valence-corrected chi connectivity index (χ2v) is 13.7. The number of anilines is 2. The lowest BCUT2D eigenvalue weighted by Gasteiger charge is -2.34. The molecule has 1 aromatic heterocycles. The van der Waals surface area contributed by atoms with E-state index >= 15 is 0 Å². The Balaban J connectivity index is 1.23. The third kappa shape index (κ3) is 5.91. The molecule has 0 amide bonds. The quantitative estimate of drug-likeness (QED) is 0.187. The van der Waals surface area contributed by atoms with E-state index < -0.39 is 10.8 Å². The van der Waals surface area contributed by atoms with Crippen LogP contribution in [0.25, 0.3) is 11.4 Å². The van der Waals surface area contributed by atoms with E-state index in [9.17, 15) is 4.21 Å². The van der Waals surface area contributed by atoms with E-state index in [2.05, 4.69) is 52.8 Å². The molecule has 3 aliphatic carbocycles. The highest BCUT2D eigenvalue weighted by molar-refractivity contribution is 7.86.